The van der Waals surface area contributed by atoms with Crippen molar-refractivity contribution < 1.29 is 9.52 Å². The van der Waals surface area contributed by atoms with Crippen LogP contribution in [0.5, 0.6) is 5.75 Å². The molecule has 1 aliphatic rings. The van der Waals surface area contributed by atoms with Crippen LogP contribution in [-0.4, -0.2) is 19.6 Å². The second kappa shape index (κ2) is 10.8. The number of fused-ring (bicyclic) bond motifs is 5. The molecule has 5 heteroatoms. The Hall–Kier alpha value is -4.90. The molecule has 7 aromatic rings. The molecule has 5 nitrogen and oxygen atoms in total. The van der Waals surface area contributed by atoms with Crippen LogP contribution in [0.2, 0.25) is 0 Å². The number of furan rings is 1. The second-order valence-electron chi connectivity index (χ2n) is 14.5. The highest BCUT2D eigenvalue weighted by atomic mass is 16.3. The molecular formula is C42H41N3O2. The van der Waals surface area contributed by atoms with Gasteiger partial charge in [0.25, 0.3) is 0 Å². The Morgan fingerprint density at radius 3 is 2.43 bits per heavy atom. The van der Waals surface area contributed by atoms with E-state index in [9.17, 15) is 5.11 Å². The lowest BCUT2D eigenvalue weighted by Crippen LogP contribution is -2.13. The summed E-state index contributed by atoms with van der Waals surface area (Å²) in [5, 5.41) is 13.8. The lowest BCUT2D eigenvalue weighted by molar-refractivity contribution is 0.447. The molecule has 1 aliphatic carbocycles. The molecule has 3 aromatic heterocycles. The van der Waals surface area contributed by atoms with E-state index in [0.29, 0.717) is 11.7 Å². The second-order valence-corrected chi connectivity index (χ2v) is 14.5. The Bertz CT molecular complexity index is 2350. The van der Waals surface area contributed by atoms with Gasteiger partial charge in [-0.3, -0.25) is 4.98 Å². The molecule has 1 N–H and O–H groups in total. The molecule has 4 aromatic carbocycles. The lowest BCUT2D eigenvalue weighted by atomic mass is 9.82. The quantitative estimate of drug-likeness (QED) is 0.213. The van der Waals surface area contributed by atoms with Gasteiger partial charge in [0.05, 0.1) is 22.3 Å². The lowest BCUT2D eigenvalue weighted by Gasteiger charge is -2.24. The van der Waals surface area contributed by atoms with Crippen LogP contribution in [0.4, 0.5) is 0 Å². The monoisotopic (exact) mass is 619 g/mol. The number of pyridine rings is 1. The van der Waals surface area contributed by atoms with E-state index in [2.05, 4.69) is 106 Å². The third-order valence-corrected chi connectivity index (χ3v) is 10.0. The van der Waals surface area contributed by atoms with Crippen LogP contribution in [-0.2, 0) is 25.3 Å². The van der Waals surface area contributed by atoms with Crippen LogP contribution in [0.3, 0.4) is 0 Å². The number of phenols is 1. The van der Waals surface area contributed by atoms with E-state index in [-0.39, 0.29) is 5.41 Å². The molecular weight excluding hydrogens is 578 g/mol. The molecule has 0 saturated carbocycles. The van der Waals surface area contributed by atoms with E-state index in [4.69, 9.17) is 14.4 Å². The van der Waals surface area contributed by atoms with Gasteiger partial charge in [-0.05, 0) is 90.1 Å². The van der Waals surface area contributed by atoms with E-state index < -0.39 is 0 Å². The van der Waals surface area contributed by atoms with Crippen molar-refractivity contribution >= 4 is 33.0 Å². The largest absolute Gasteiger partial charge is 0.507 e. The van der Waals surface area contributed by atoms with Gasteiger partial charge in [-0.15, -0.1) is 0 Å². The number of hydrogen-bond acceptors (Lipinski definition) is 4. The Morgan fingerprint density at radius 1 is 0.809 bits per heavy atom. The van der Waals surface area contributed by atoms with Gasteiger partial charge in [-0.2, -0.15) is 0 Å². The van der Waals surface area contributed by atoms with Crippen LogP contribution in [0.1, 0.15) is 75.8 Å². The number of nitrogens with zero attached hydrogens (tertiary/aromatic N) is 3. The van der Waals surface area contributed by atoms with Gasteiger partial charge in [0.2, 0.25) is 0 Å². The fraction of sp³-hybridized carbons (Fsp3) is 0.286. The van der Waals surface area contributed by atoms with Crippen LogP contribution >= 0.6 is 0 Å². The fourth-order valence-electron chi connectivity index (χ4n) is 7.33. The van der Waals surface area contributed by atoms with Crippen molar-refractivity contribution in [3.63, 3.8) is 0 Å². The van der Waals surface area contributed by atoms with Gasteiger partial charge in [0, 0.05) is 40.2 Å². The van der Waals surface area contributed by atoms with E-state index >= 15 is 0 Å². The van der Waals surface area contributed by atoms with Gasteiger partial charge in [0.15, 0.2) is 0 Å². The molecule has 236 valence electrons. The zero-order chi connectivity index (χ0) is 32.6. The predicted molar refractivity (Wildman–Crippen MR) is 193 cm³/mol. The number of benzene rings is 4. The average Bonchev–Trinajstić information content (AvgIpc) is 3.61. The SMILES string of the molecule is CC(C)c1cc(-c2nc3c(-c4cc(-c5ccc6c(n5)CCCC6)c5oc6ccccc6c5c4)cccc3n2C)c(O)c(C(C)(C)C)c1. The number of rotatable bonds is 4. The maximum absolute atomic E-state index is 11.7. The van der Waals surface area contributed by atoms with Gasteiger partial charge in [0.1, 0.15) is 22.7 Å². The van der Waals surface area contributed by atoms with Gasteiger partial charge >= 0.3 is 0 Å². The normalized spacial score (nSPS) is 13.7. The van der Waals surface area contributed by atoms with E-state index in [1.54, 1.807) is 0 Å². The maximum Gasteiger partial charge on any atom is 0.144 e. The number of phenolic OH excluding ortho intramolecular Hbond substituents is 1. The molecule has 3 heterocycles. The Morgan fingerprint density at radius 2 is 1.62 bits per heavy atom. The first-order valence-corrected chi connectivity index (χ1v) is 16.9. The number of para-hydroxylation sites is 2. The average molecular weight is 620 g/mol. The third-order valence-electron chi connectivity index (χ3n) is 10.0. The zero-order valence-electron chi connectivity index (χ0n) is 28.1. The van der Waals surface area contributed by atoms with Crippen LogP contribution < -0.4 is 0 Å². The van der Waals surface area contributed by atoms with Crippen molar-refractivity contribution in [2.45, 2.75) is 71.6 Å². The van der Waals surface area contributed by atoms with Gasteiger partial charge in [-0.25, -0.2) is 4.98 Å². The zero-order valence-corrected chi connectivity index (χ0v) is 28.1. The maximum atomic E-state index is 11.7. The highest BCUT2D eigenvalue weighted by Gasteiger charge is 2.26. The van der Waals surface area contributed by atoms with Gasteiger partial charge in [-0.1, -0.05) is 77.1 Å². The molecule has 0 saturated heterocycles. The topological polar surface area (TPSA) is 64.1 Å². The molecule has 0 bridgehead atoms. The van der Waals surface area contributed by atoms with Crippen molar-refractivity contribution in [3.05, 3.63) is 101 Å². The van der Waals surface area contributed by atoms with Crippen LogP contribution in [0.15, 0.2) is 83.3 Å². The van der Waals surface area contributed by atoms with Crippen LogP contribution in [0, 0.1) is 0 Å². The first kappa shape index (κ1) is 29.5. The number of hydrogen-bond donors (Lipinski definition) is 1. The predicted octanol–water partition coefficient (Wildman–Crippen LogP) is 10.9. The molecule has 0 aliphatic heterocycles. The summed E-state index contributed by atoms with van der Waals surface area (Å²) in [6.07, 6.45) is 4.52. The highest BCUT2D eigenvalue weighted by Crippen LogP contribution is 2.44. The minimum atomic E-state index is -0.219. The third kappa shape index (κ3) is 4.83. The summed E-state index contributed by atoms with van der Waals surface area (Å²) >= 11 is 0. The molecule has 0 amide bonds. The first-order valence-electron chi connectivity index (χ1n) is 16.9. The molecule has 0 atom stereocenters. The van der Waals surface area contributed by atoms with Crippen molar-refractivity contribution in [1.29, 1.82) is 0 Å². The van der Waals surface area contributed by atoms with E-state index in [1.807, 2.05) is 19.2 Å². The number of aromatic hydroxyl groups is 1. The summed E-state index contributed by atoms with van der Waals surface area (Å²) in [6.45, 7) is 10.8. The Kier molecular flexibility index (Phi) is 6.80. The summed E-state index contributed by atoms with van der Waals surface area (Å²) in [5.74, 6) is 1.37. The Balaban J connectivity index is 1.37. The minimum absolute atomic E-state index is 0.219. The summed E-state index contributed by atoms with van der Waals surface area (Å²) in [4.78, 5) is 10.5. The summed E-state index contributed by atoms with van der Waals surface area (Å²) < 4.78 is 8.65. The van der Waals surface area contributed by atoms with Crippen molar-refractivity contribution in [3.8, 4) is 39.5 Å². The Labute approximate surface area is 275 Å². The number of aryl methyl sites for hydroxylation is 3. The molecule has 0 fully saturated rings. The molecule has 0 spiro atoms. The van der Waals surface area contributed by atoms with Crippen LogP contribution in [0.25, 0.3) is 66.7 Å². The first-order chi connectivity index (χ1) is 22.6. The molecule has 8 rings (SSSR count). The minimum Gasteiger partial charge on any atom is -0.507 e. The summed E-state index contributed by atoms with van der Waals surface area (Å²) in [5.41, 5.74) is 12.9. The number of imidazole rings is 1. The van der Waals surface area contributed by atoms with E-state index in [0.717, 1.165) is 85.1 Å². The van der Waals surface area contributed by atoms with E-state index in [1.165, 1.54) is 29.7 Å². The number of aromatic nitrogens is 3. The van der Waals surface area contributed by atoms with Crippen molar-refractivity contribution in [2.75, 3.05) is 0 Å². The highest BCUT2D eigenvalue weighted by molar-refractivity contribution is 6.12. The van der Waals surface area contributed by atoms with Crippen molar-refractivity contribution in [1.82, 2.24) is 14.5 Å². The van der Waals surface area contributed by atoms with Crippen molar-refractivity contribution in [2.24, 2.45) is 7.05 Å². The summed E-state index contributed by atoms with van der Waals surface area (Å²) in [7, 11) is 2.04. The molecule has 0 unspecified atom stereocenters. The molecule has 47 heavy (non-hydrogen) atoms. The van der Waals surface area contributed by atoms with Gasteiger partial charge < -0.3 is 14.1 Å². The fourth-order valence-corrected chi connectivity index (χ4v) is 7.33. The summed E-state index contributed by atoms with van der Waals surface area (Å²) in [6, 6.07) is 27.8. The smallest absolute Gasteiger partial charge is 0.144 e. The molecule has 0 radical (unpaired) electrons. The standard InChI is InChI=1S/C42H41N3O2/c1-24(2)26-20-32(39(46)33(23-26)42(3,4)5)41-44-38-28(14-11-16-36(38)45(41)6)27-21-30-29-13-8-10-17-37(29)47-40(30)31(22-27)35-19-18-25-12-7-9-15-34(25)43-35/h8,10-11,13-14,16-24,46H,7,9,12,15H2,1-6H3.